The van der Waals surface area contributed by atoms with Crippen LogP contribution in [-0.2, 0) is 0 Å². The van der Waals surface area contributed by atoms with Crippen LogP contribution in [0, 0.1) is 5.82 Å². The molecule has 1 nitrogen and oxygen atoms in total. The minimum atomic E-state index is -0.669. The molecule has 0 N–H and O–H groups in total. The first-order chi connectivity index (χ1) is 7.74. The van der Waals surface area contributed by atoms with Crippen molar-refractivity contribution in [2.45, 2.75) is 0 Å². The van der Waals surface area contributed by atoms with Gasteiger partial charge < -0.3 is 0 Å². The van der Waals surface area contributed by atoms with Crippen molar-refractivity contribution >= 4 is 17.9 Å². The van der Waals surface area contributed by atoms with Crippen molar-refractivity contribution in [3.05, 3.63) is 58.9 Å². The van der Waals surface area contributed by atoms with E-state index in [-0.39, 0.29) is 10.6 Å². The zero-order valence-corrected chi connectivity index (χ0v) is 9.04. The average molecular weight is 235 g/mol. The largest absolute Gasteiger partial charge is 0.298 e. The van der Waals surface area contributed by atoms with Crippen LogP contribution < -0.4 is 0 Å². The molecule has 2 aromatic carbocycles. The summed E-state index contributed by atoms with van der Waals surface area (Å²) in [7, 11) is 0. The van der Waals surface area contributed by atoms with E-state index in [1.54, 1.807) is 6.07 Å². The Morgan fingerprint density at radius 1 is 1.06 bits per heavy atom. The van der Waals surface area contributed by atoms with Crippen LogP contribution in [0.4, 0.5) is 4.39 Å². The predicted molar refractivity (Wildman–Crippen MR) is 62.2 cm³/mol. The Morgan fingerprint density at radius 2 is 1.75 bits per heavy atom. The molecule has 0 heterocycles. The van der Waals surface area contributed by atoms with Crippen LogP contribution in [0.2, 0.25) is 5.02 Å². The van der Waals surface area contributed by atoms with Crippen LogP contribution in [-0.4, -0.2) is 6.29 Å². The van der Waals surface area contributed by atoms with Gasteiger partial charge in [-0.2, -0.15) is 0 Å². The van der Waals surface area contributed by atoms with Crippen molar-refractivity contribution < 1.29 is 9.18 Å². The minimum absolute atomic E-state index is 0.0178. The number of halogens is 2. The quantitative estimate of drug-likeness (QED) is 0.719. The smallest absolute Gasteiger partial charge is 0.153 e. The lowest BCUT2D eigenvalue weighted by atomic mass is 10.0. The fourth-order valence-electron chi connectivity index (χ4n) is 1.50. The van der Waals surface area contributed by atoms with Gasteiger partial charge in [-0.15, -0.1) is 0 Å². The summed E-state index contributed by atoms with van der Waals surface area (Å²) >= 11 is 5.88. The van der Waals surface area contributed by atoms with E-state index in [2.05, 4.69) is 0 Å². The number of hydrogen-bond acceptors (Lipinski definition) is 1. The first-order valence-corrected chi connectivity index (χ1v) is 5.10. The highest BCUT2D eigenvalue weighted by Crippen LogP contribution is 2.31. The number of carbonyl (C=O) groups excluding carboxylic acids is 1. The van der Waals surface area contributed by atoms with Crippen molar-refractivity contribution in [3.63, 3.8) is 0 Å². The van der Waals surface area contributed by atoms with Gasteiger partial charge in [-0.1, -0.05) is 48.0 Å². The predicted octanol–water partition coefficient (Wildman–Crippen LogP) is 3.96. The SMILES string of the molecule is O=Cc1ccc(-c2ccccc2)c(Cl)c1F. The fourth-order valence-corrected chi connectivity index (χ4v) is 1.78. The lowest BCUT2D eigenvalue weighted by Crippen LogP contribution is -1.91. The third kappa shape index (κ3) is 1.84. The van der Waals surface area contributed by atoms with Gasteiger partial charge in [-0.3, -0.25) is 4.79 Å². The normalized spacial score (nSPS) is 10.1. The number of hydrogen-bond donors (Lipinski definition) is 0. The third-order valence-corrected chi connectivity index (χ3v) is 2.69. The van der Waals surface area contributed by atoms with Crippen molar-refractivity contribution in [3.8, 4) is 11.1 Å². The Kier molecular flexibility index (Phi) is 3.02. The van der Waals surface area contributed by atoms with Crippen LogP contribution >= 0.6 is 11.6 Å². The minimum Gasteiger partial charge on any atom is -0.298 e. The number of aldehydes is 1. The van der Waals surface area contributed by atoms with E-state index >= 15 is 0 Å². The van der Waals surface area contributed by atoms with Crippen LogP contribution in [0.25, 0.3) is 11.1 Å². The van der Waals surface area contributed by atoms with E-state index in [4.69, 9.17) is 11.6 Å². The Hall–Kier alpha value is -1.67. The van der Waals surface area contributed by atoms with Crippen LogP contribution in [0.15, 0.2) is 42.5 Å². The highest BCUT2D eigenvalue weighted by atomic mass is 35.5. The van der Waals surface area contributed by atoms with E-state index in [0.717, 1.165) is 5.56 Å². The molecule has 2 rings (SSSR count). The number of benzene rings is 2. The maximum Gasteiger partial charge on any atom is 0.153 e. The highest BCUT2D eigenvalue weighted by molar-refractivity contribution is 6.33. The molecule has 0 saturated carbocycles. The Bertz CT molecular complexity index is 523. The van der Waals surface area contributed by atoms with Gasteiger partial charge >= 0.3 is 0 Å². The second-order valence-electron chi connectivity index (χ2n) is 3.31. The molecule has 0 aliphatic rings. The maximum atomic E-state index is 13.6. The fraction of sp³-hybridized carbons (Fsp3) is 0. The molecule has 0 bridgehead atoms. The summed E-state index contributed by atoms with van der Waals surface area (Å²) < 4.78 is 13.6. The topological polar surface area (TPSA) is 17.1 Å². The van der Waals surface area contributed by atoms with Gasteiger partial charge in [0.15, 0.2) is 12.1 Å². The van der Waals surface area contributed by atoms with Crippen molar-refractivity contribution in [1.29, 1.82) is 0 Å². The molecule has 0 saturated heterocycles. The standard InChI is InChI=1S/C13H8ClFO/c14-12-11(9-4-2-1-3-5-9)7-6-10(8-16)13(12)15/h1-8H. The van der Waals surface area contributed by atoms with Crippen molar-refractivity contribution in [2.75, 3.05) is 0 Å². The van der Waals surface area contributed by atoms with Crippen LogP contribution in [0.5, 0.6) is 0 Å². The Morgan fingerprint density at radius 3 is 2.38 bits per heavy atom. The molecule has 0 aliphatic carbocycles. The highest BCUT2D eigenvalue weighted by Gasteiger charge is 2.11. The molecule has 3 heteroatoms. The summed E-state index contributed by atoms with van der Waals surface area (Å²) in [6, 6.07) is 12.3. The third-order valence-electron chi connectivity index (χ3n) is 2.32. The summed E-state index contributed by atoms with van der Waals surface area (Å²) in [6.45, 7) is 0. The molecule has 0 atom stereocenters. The van der Waals surface area contributed by atoms with Crippen molar-refractivity contribution in [2.24, 2.45) is 0 Å². The molecule has 16 heavy (non-hydrogen) atoms. The second-order valence-corrected chi connectivity index (χ2v) is 3.69. The molecule has 0 spiro atoms. The first kappa shape index (κ1) is 10.8. The molecule has 0 fully saturated rings. The van der Waals surface area contributed by atoms with Gasteiger partial charge in [0.1, 0.15) is 0 Å². The van der Waals surface area contributed by atoms with E-state index in [9.17, 15) is 9.18 Å². The van der Waals surface area contributed by atoms with E-state index in [0.29, 0.717) is 11.8 Å². The molecular weight excluding hydrogens is 227 g/mol. The zero-order valence-electron chi connectivity index (χ0n) is 8.28. The second kappa shape index (κ2) is 4.45. The molecule has 0 aromatic heterocycles. The Labute approximate surface area is 97.5 Å². The summed E-state index contributed by atoms with van der Waals surface area (Å²) in [5.41, 5.74) is 1.39. The number of rotatable bonds is 2. The van der Waals surface area contributed by atoms with Gasteiger partial charge in [0, 0.05) is 5.56 Å². The molecule has 0 unspecified atom stereocenters. The van der Waals surface area contributed by atoms with Crippen LogP contribution in [0.1, 0.15) is 10.4 Å². The molecule has 0 radical (unpaired) electrons. The summed E-state index contributed by atoms with van der Waals surface area (Å²) in [5, 5.41) is -0.0178. The summed E-state index contributed by atoms with van der Waals surface area (Å²) in [5.74, 6) is -0.669. The summed E-state index contributed by atoms with van der Waals surface area (Å²) in [4.78, 5) is 10.5. The molecular formula is C13H8ClFO. The van der Waals surface area contributed by atoms with Gasteiger partial charge in [0.25, 0.3) is 0 Å². The lowest BCUT2D eigenvalue weighted by molar-refractivity contribution is 0.112. The zero-order chi connectivity index (χ0) is 11.5. The molecule has 2 aromatic rings. The maximum absolute atomic E-state index is 13.6. The van der Waals surface area contributed by atoms with Gasteiger partial charge in [-0.05, 0) is 11.6 Å². The van der Waals surface area contributed by atoms with Crippen LogP contribution in [0.3, 0.4) is 0 Å². The van der Waals surface area contributed by atoms with Gasteiger partial charge in [-0.25, -0.2) is 4.39 Å². The van der Waals surface area contributed by atoms with E-state index in [1.165, 1.54) is 6.07 Å². The molecule has 0 aliphatic heterocycles. The van der Waals surface area contributed by atoms with E-state index in [1.807, 2.05) is 30.3 Å². The summed E-state index contributed by atoms with van der Waals surface area (Å²) in [6.07, 6.45) is 0.454. The lowest BCUT2D eigenvalue weighted by Gasteiger charge is -2.06. The molecule has 80 valence electrons. The van der Waals surface area contributed by atoms with Crippen molar-refractivity contribution in [1.82, 2.24) is 0 Å². The monoisotopic (exact) mass is 234 g/mol. The molecule has 0 amide bonds. The Balaban J connectivity index is 2.60. The van der Waals surface area contributed by atoms with E-state index < -0.39 is 5.82 Å². The average Bonchev–Trinajstić information content (AvgIpc) is 2.34. The van der Waals surface area contributed by atoms with Gasteiger partial charge in [0.05, 0.1) is 10.6 Å². The van der Waals surface area contributed by atoms with Gasteiger partial charge in [0.2, 0.25) is 0 Å². The number of carbonyl (C=O) groups is 1. The first-order valence-electron chi connectivity index (χ1n) is 4.72.